The molecular weight excluding hydrogens is 366 g/mol. The van der Waals surface area contributed by atoms with Crippen LogP contribution in [0.15, 0.2) is 4.79 Å². The molecule has 1 fully saturated rings. The molecule has 0 saturated carbocycles. The van der Waals surface area contributed by atoms with Crippen molar-refractivity contribution in [3.05, 3.63) is 26.6 Å². The lowest BCUT2D eigenvalue weighted by Gasteiger charge is -2.21. The number of carbonyl (C=O) groups is 2. The summed E-state index contributed by atoms with van der Waals surface area (Å²) in [4.78, 5) is 47.1. The molecule has 8 heteroatoms. The van der Waals surface area contributed by atoms with Crippen LogP contribution in [-0.4, -0.2) is 44.4 Å². The second-order valence-corrected chi connectivity index (χ2v) is 8.71. The number of aromatic amines is 1. The zero-order chi connectivity index (χ0) is 19.1. The number of rotatable bonds is 4. The lowest BCUT2D eigenvalue weighted by Crippen LogP contribution is -2.40. The summed E-state index contributed by atoms with van der Waals surface area (Å²) in [5, 5.41) is 9.93. The summed E-state index contributed by atoms with van der Waals surface area (Å²) in [6.45, 7) is 2.71. The topological polar surface area (TPSA) is 103 Å². The van der Waals surface area contributed by atoms with Crippen molar-refractivity contribution in [1.82, 2.24) is 14.9 Å². The molecule has 2 aliphatic rings. The van der Waals surface area contributed by atoms with Gasteiger partial charge in [-0.15, -0.1) is 11.3 Å². The fourth-order valence-corrected chi connectivity index (χ4v) is 5.61. The highest BCUT2D eigenvalue weighted by Crippen LogP contribution is 2.35. The van der Waals surface area contributed by atoms with E-state index in [4.69, 9.17) is 0 Å². The predicted octanol–water partition coefficient (Wildman–Crippen LogP) is 2.12. The van der Waals surface area contributed by atoms with Crippen LogP contribution >= 0.6 is 11.3 Å². The number of nitrogens with one attached hydrogen (secondary N) is 1. The Balaban J connectivity index is 1.52. The molecule has 1 amide bonds. The normalized spacial score (nSPS) is 22.2. The molecule has 7 nitrogen and oxygen atoms in total. The molecule has 1 aliphatic heterocycles. The molecule has 2 atom stereocenters. The molecule has 0 spiro atoms. The molecule has 1 aliphatic carbocycles. The lowest BCUT2D eigenvalue weighted by molar-refractivity contribution is -0.148. The van der Waals surface area contributed by atoms with Gasteiger partial charge < -0.3 is 15.0 Å². The fourth-order valence-electron chi connectivity index (χ4n) is 4.20. The number of carboxylic acids is 1. The molecule has 0 bridgehead atoms. The molecule has 27 heavy (non-hydrogen) atoms. The Labute approximate surface area is 160 Å². The Morgan fingerprint density at radius 3 is 2.96 bits per heavy atom. The van der Waals surface area contributed by atoms with E-state index in [-0.39, 0.29) is 17.9 Å². The van der Waals surface area contributed by atoms with Crippen molar-refractivity contribution in [1.29, 1.82) is 0 Å². The number of aryl methyl sites for hydroxylation is 2. The van der Waals surface area contributed by atoms with Crippen LogP contribution in [0.3, 0.4) is 0 Å². The minimum absolute atomic E-state index is 0.126. The van der Waals surface area contributed by atoms with Gasteiger partial charge >= 0.3 is 5.97 Å². The van der Waals surface area contributed by atoms with Gasteiger partial charge in [0.05, 0.1) is 5.39 Å². The quantitative estimate of drug-likeness (QED) is 0.834. The molecular formula is C19H23N3O4S. The summed E-state index contributed by atoms with van der Waals surface area (Å²) < 4.78 is 0. The highest BCUT2D eigenvalue weighted by molar-refractivity contribution is 7.18. The highest BCUT2D eigenvalue weighted by atomic mass is 32.1. The van der Waals surface area contributed by atoms with Crippen molar-refractivity contribution in [2.75, 3.05) is 6.54 Å². The number of aliphatic carboxylic acids is 1. The minimum Gasteiger partial charge on any atom is -0.480 e. The van der Waals surface area contributed by atoms with Crippen molar-refractivity contribution in [2.24, 2.45) is 5.92 Å². The maximum Gasteiger partial charge on any atom is 0.326 e. The van der Waals surface area contributed by atoms with E-state index in [1.165, 1.54) is 9.78 Å². The molecule has 144 valence electrons. The Morgan fingerprint density at radius 1 is 1.37 bits per heavy atom. The molecule has 4 rings (SSSR count). The first-order valence-corrected chi connectivity index (χ1v) is 10.3. The maximum atomic E-state index is 12.6. The Hall–Kier alpha value is -2.22. The van der Waals surface area contributed by atoms with Gasteiger partial charge in [-0.25, -0.2) is 9.78 Å². The van der Waals surface area contributed by atoms with Crippen molar-refractivity contribution in [3.8, 4) is 0 Å². The number of thiophene rings is 1. The SMILES string of the molecule is CC1CCc2c(sc3nc(CCC(=O)N4CCC[C@H]4C(=O)O)[nH]c(=O)c23)C1. The third-order valence-corrected chi connectivity index (χ3v) is 6.80. The maximum absolute atomic E-state index is 12.6. The fraction of sp³-hybridized carbons (Fsp3) is 0.579. The first-order chi connectivity index (χ1) is 12.9. The van der Waals surface area contributed by atoms with E-state index >= 15 is 0 Å². The van der Waals surface area contributed by atoms with Crippen molar-refractivity contribution in [2.45, 2.75) is 57.9 Å². The number of H-pyrrole nitrogens is 1. The van der Waals surface area contributed by atoms with Crippen LogP contribution < -0.4 is 5.56 Å². The third-order valence-electron chi connectivity index (χ3n) is 5.65. The number of hydrogen-bond acceptors (Lipinski definition) is 5. The van der Waals surface area contributed by atoms with Crippen LogP contribution in [0.5, 0.6) is 0 Å². The van der Waals surface area contributed by atoms with E-state index in [2.05, 4.69) is 16.9 Å². The van der Waals surface area contributed by atoms with E-state index in [9.17, 15) is 19.5 Å². The number of nitrogens with zero attached hydrogens (tertiary/aromatic N) is 2. The van der Waals surface area contributed by atoms with Gasteiger partial charge in [0.2, 0.25) is 5.91 Å². The number of amides is 1. The molecule has 1 unspecified atom stereocenters. The molecule has 0 radical (unpaired) electrons. The largest absolute Gasteiger partial charge is 0.480 e. The molecule has 2 aromatic heterocycles. The van der Waals surface area contributed by atoms with Gasteiger partial charge in [0, 0.05) is 24.3 Å². The lowest BCUT2D eigenvalue weighted by atomic mass is 9.89. The van der Waals surface area contributed by atoms with Gasteiger partial charge in [-0.05, 0) is 43.6 Å². The minimum atomic E-state index is -0.952. The van der Waals surface area contributed by atoms with Gasteiger partial charge in [-0.1, -0.05) is 6.92 Å². The first-order valence-electron chi connectivity index (χ1n) is 9.49. The predicted molar refractivity (Wildman–Crippen MR) is 102 cm³/mol. The number of likely N-dealkylation sites (tertiary alicyclic amines) is 1. The van der Waals surface area contributed by atoms with E-state index in [0.717, 1.165) is 29.7 Å². The Kier molecular flexibility index (Phi) is 4.75. The van der Waals surface area contributed by atoms with E-state index in [0.29, 0.717) is 42.9 Å². The van der Waals surface area contributed by atoms with Crippen molar-refractivity contribution >= 4 is 33.4 Å². The van der Waals surface area contributed by atoms with Crippen molar-refractivity contribution in [3.63, 3.8) is 0 Å². The number of carbonyl (C=O) groups excluding carboxylic acids is 1. The van der Waals surface area contributed by atoms with Gasteiger partial charge in [0.1, 0.15) is 16.7 Å². The summed E-state index contributed by atoms with van der Waals surface area (Å²) in [7, 11) is 0. The van der Waals surface area contributed by atoms with Crippen molar-refractivity contribution < 1.29 is 14.7 Å². The summed E-state index contributed by atoms with van der Waals surface area (Å²) in [5.74, 6) is -0.0166. The van der Waals surface area contributed by atoms with Crippen LogP contribution in [0.25, 0.3) is 10.2 Å². The smallest absolute Gasteiger partial charge is 0.326 e. The summed E-state index contributed by atoms with van der Waals surface area (Å²) in [5.41, 5.74) is 1.02. The van der Waals surface area contributed by atoms with Crippen LogP contribution in [0.4, 0.5) is 0 Å². The van der Waals surface area contributed by atoms with Crippen LogP contribution in [0, 0.1) is 5.92 Å². The van der Waals surface area contributed by atoms with Gasteiger partial charge in [0.15, 0.2) is 0 Å². The van der Waals surface area contributed by atoms with E-state index in [1.807, 2.05) is 0 Å². The number of fused-ring (bicyclic) bond motifs is 3. The monoisotopic (exact) mass is 389 g/mol. The Bertz CT molecular complexity index is 964. The van der Waals surface area contributed by atoms with Crippen LogP contribution in [0.2, 0.25) is 0 Å². The van der Waals surface area contributed by atoms with Gasteiger partial charge in [-0.3, -0.25) is 9.59 Å². The summed E-state index contributed by atoms with van der Waals surface area (Å²) in [6.07, 6.45) is 4.69. The molecule has 3 heterocycles. The standard InChI is InChI=1S/C19H23N3O4S/c1-10-4-5-11-13(9-10)27-18-16(11)17(24)20-14(21-18)6-7-15(23)22-8-2-3-12(22)19(25)26/h10,12H,2-9H2,1H3,(H,25,26)(H,20,21,24)/t10?,12-/m0/s1. The first kappa shape index (κ1) is 18.2. The van der Waals surface area contributed by atoms with Crippen LogP contribution in [0.1, 0.15) is 48.9 Å². The molecule has 2 N–H and O–H groups in total. The average Bonchev–Trinajstić information content (AvgIpc) is 3.23. The number of hydrogen-bond donors (Lipinski definition) is 2. The number of carboxylic acid groups (broad SMARTS) is 1. The second-order valence-electron chi connectivity index (χ2n) is 7.63. The van der Waals surface area contributed by atoms with Gasteiger partial charge in [-0.2, -0.15) is 0 Å². The zero-order valence-corrected chi connectivity index (χ0v) is 16.1. The van der Waals surface area contributed by atoms with E-state index < -0.39 is 12.0 Å². The zero-order valence-electron chi connectivity index (χ0n) is 15.3. The Morgan fingerprint density at radius 2 is 2.19 bits per heavy atom. The molecule has 2 aromatic rings. The summed E-state index contributed by atoms with van der Waals surface area (Å²) >= 11 is 1.59. The highest BCUT2D eigenvalue weighted by Gasteiger charge is 2.33. The molecule has 0 aromatic carbocycles. The molecule has 1 saturated heterocycles. The number of aromatic nitrogens is 2. The van der Waals surface area contributed by atoms with Crippen LogP contribution in [-0.2, 0) is 28.9 Å². The average molecular weight is 389 g/mol. The second kappa shape index (κ2) is 7.07. The third kappa shape index (κ3) is 3.38. The van der Waals surface area contributed by atoms with E-state index in [1.54, 1.807) is 11.3 Å². The van der Waals surface area contributed by atoms with Gasteiger partial charge in [0.25, 0.3) is 5.56 Å². The summed E-state index contributed by atoms with van der Waals surface area (Å²) in [6, 6.07) is -0.724.